The molecule has 13 heavy (non-hydrogen) atoms. The molecule has 2 nitrogen and oxygen atoms in total. The minimum Gasteiger partial charge on any atom is -0.385 e. The lowest BCUT2D eigenvalue weighted by Crippen LogP contribution is -2.30. The number of aliphatic hydroxyl groups excluding tert-OH is 1. The SMILES string of the molecule is O=C(C1CCCCC1)C(O)C1CC1. The van der Waals surface area contributed by atoms with Crippen LogP contribution in [-0.2, 0) is 4.79 Å². The highest BCUT2D eigenvalue weighted by molar-refractivity contribution is 5.85. The fourth-order valence-corrected chi connectivity index (χ4v) is 2.27. The summed E-state index contributed by atoms with van der Waals surface area (Å²) >= 11 is 0. The van der Waals surface area contributed by atoms with Crippen molar-refractivity contribution in [3.63, 3.8) is 0 Å². The molecule has 0 aromatic heterocycles. The van der Waals surface area contributed by atoms with Gasteiger partial charge in [-0.2, -0.15) is 0 Å². The molecule has 2 heteroatoms. The summed E-state index contributed by atoms with van der Waals surface area (Å²) in [5, 5.41) is 9.66. The van der Waals surface area contributed by atoms with Gasteiger partial charge >= 0.3 is 0 Å². The van der Waals surface area contributed by atoms with E-state index in [0.29, 0.717) is 5.92 Å². The molecule has 1 atom stereocenters. The number of rotatable bonds is 3. The van der Waals surface area contributed by atoms with Crippen molar-refractivity contribution in [3.05, 3.63) is 0 Å². The molecule has 0 aliphatic heterocycles. The largest absolute Gasteiger partial charge is 0.385 e. The molecule has 0 saturated heterocycles. The lowest BCUT2D eigenvalue weighted by Gasteiger charge is -2.22. The third-order valence-corrected chi connectivity index (χ3v) is 3.37. The monoisotopic (exact) mass is 182 g/mol. The van der Waals surface area contributed by atoms with Gasteiger partial charge in [0.2, 0.25) is 0 Å². The van der Waals surface area contributed by atoms with E-state index in [4.69, 9.17) is 0 Å². The average molecular weight is 182 g/mol. The molecular formula is C11H18O2. The molecule has 1 N–H and O–H groups in total. The van der Waals surface area contributed by atoms with Crippen molar-refractivity contribution < 1.29 is 9.90 Å². The molecule has 2 aliphatic rings. The molecule has 0 heterocycles. The first-order valence-electron chi connectivity index (χ1n) is 5.51. The summed E-state index contributed by atoms with van der Waals surface area (Å²) in [6.07, 6.45) is 7.14. The quantitative estimate of drug-likeness (QED) is 0.724. The van der Waals surface area contributed by atoms with Gasteiger partial charge in [0.25, 0.3) is 0 Å². The number of carbonyl (C=O) groups excluding carboxylic acids is 1. The first-order valence-corrected chi connectivity index (χ1v) is 5.51. The molecule has 0 aromatic rings. The molecular weight excluding hydrogens is 164 g/mol. The van der Waals surface area contributed by atoms with E-state index in [1.54, 1.807) is 0 Å². The van der Waals surface area contributed by atoms with Gasteiger partial charge in [-0.1, -0.05) is 19.3 Å². The molecule has 0 spiro atoms. The van der Waals surface area contributed by atoms with Crippen LogP contribution in [0.2, 0.25) is 0 Å². The second kappa shape index (κ2) is 3.79. The molecule has 74 valence electrons. The molecule has 2 rings (SSSR count). The van der Waals surface area contributed by atoms with Crippen LogP contribution in [-0.4, -0.2) is 17.0 Å². The van der Waals surface area contributed by atoms with Crippen LogP contribution in [0.5, 0.6) is 0 Å². The Labute approximate surface area is 79.3 Å². The van der Waals surface area contributed by atoms with Gasteiger partial charge in [0.1, 0.15) is 6.10 Å². The van der Waals surface area contributed by atoms with Gasteiger partial charge in [-0.25, -0.2) is 0 Å². The standard InChI is InChI=1S/C11H18O2/c12-10(11(13)9-6-7-9)8-4-2-1-3-5-8/h8-9,11,13H,1-7H2. The highest BCUT2D eigenvalue weighted by Crippen LogP contribution is 2.36. The lowest BCUT2D eigenvalue weighted by atomic mass is 9.83. The van der Waals surface area contributed by atoms with Crippen LogP contribution >= 0.6 is 0 Å². The van der Waals surface area contributed by atoms with E-state index in [2.05, 4.69) is 0 Å². The van der Waals surface area contributed by atoms with Gasteiger partial charge in [0, 0.05) is 5.92 Å². The van der Waals surface area contributed by atoms with Gasteiger partial charge in [-0.05, 0) is 31.6 Å². The zero-order valence-electron chi connectivity index (χ0n) is 8.04. The number of ketones is 1. The maximum absolute atomic E-state index is 11.7. The van der Waals surface area contributed by atoms with Gasteiger partial charge in [0.15, 0.2) is 5.78 Å². The van der Waals surface area contributed by atoms with Crippen molar-refractivity contribution in [2.24, 2.45) is 11.8 Å². The van der Waals surface area contributed by atoms with Crippen molar-refractivity contribution in [1.29, 1.82) is 0 Å². The van der Waals surface area contributed by atoms with Crippen LogP contribution in [0, 0.1) is 11.8 Å². The van der Waals surface area contributed by atoms with Crippen LogP contribution in [0.15, 0.2) is 0 Å². The molecule has 2 saturated carbocycles. The highest BCUT2D eigenvalue weighted by atomic mass is 16.3. The van der Waals surface area contributed by atoms with E-state index < -0.39 is 6.10 Å². The number of carbonyl (C=O) groups is 1. The Morgan fingerprint density at radius 3 is 2.23 bits per heavy atom. The highest BCUT2D eigenvalue weighted by Gasteiger charge is 2.37. The molecule has 2 fully saturated rings. The van der Waals surface area contributed by atoms with Crippen LogP contribution in [0.25, 0.3) is 0 Å². The summed E-state index contributed by atoms with van der Waals surface area (Å²) in [5.74, 6) is 0.640. The molecule has 0 radical (unpaired) electrons. The van der Waals surface area contributed by atoms with E-state index in [1.807, 2.05) is 0 Å². The van der Waals surface area contributed by atoms with Gasteiger partial charge < -0.3 is 5.11 Å². The summed E-state index contributed by atoms with van der Waals surface area (Å²) in [6.45, 7) is 0. The fourth-order valence-electron chi connectivity index (χ4n) is 2.27. The van der Waals surface area contributed by atoms with E-state index in [1.165, 1.54) is 19.3 Å². The second-order valence-electron chi connectivity index (χ2n) is 4.52. The second-order valence-corrected chi connectivity index (χ2v) is 4.52. The molecule has 0 amide bonds. The minimum atomic E-state index is -0.622. The van der Waals surface area contributed by atoms with Gasteiger partial charge in [0.05, 0.1) is 0 Å². The Morgan fingerprint density at radius 1 is 1.08 bits per heavy atom. The third-order valence-electron chi connectivity index (χ3n) is 3.37. The summed E-state index contributed by atoms with van der Waals surface area (Å²) in [5.41, 5.74) is 0. The summed E-state index contributed by atoms with van der Waals surface area (Å²) in [4.78, 5) is 11.7. The Bertz CT molecular complexity index is 190. The van der Waals surface area contributed by atoms with Crippen LogP contribution < -0.4 is 0 Å². The van der Waals surface area contributed by atoms with Crippen molar-refractivity contribution in [3.8, 4) is 0 Å². The Hall–Kier alpha value is -0.370. The number of Topliss-reactive ketones (excluding diaryl/α,β-unsaturated/α-hetero) is 1. The van der Waals surface area contributed by atoms with Crippen molar-refractivity contribution in [2.45, 2.75) is 51.0 Å². The maximum Gasteiger partial charge on any atom is 0.164 e. The third kappa shape index (κ3) is 2.11. The Balaban J connectivity index is 1.86. The number of hydrogen-bond acceptors (Lipinski definition) is 2. The molecule has 0 aromatic carbocycles. The smallest absolute Gasteiger partial charge is 0.164 e. The first-order chi connectivity index (χ1) is 6.29. The van der Waals surface area contributed by atoms with Gasteiger partial charge in [-0.15, -0.1) is 0 Å². The first kappa shape index (κ1) is 9.20. The predicted molar refractivity (Wildman–Crippen MR) is 50.3 cm³/mol. The zero-order valence-corrected chi connectivity index (χ0v) is 8.04. The Kier molecular flexibility index (Phi) is 2.68. The fraction of sp³-hybridized carbons (Fsp3) is 0.909. The van der Waals surface area contributed by atoms with Crippen molar-refractivity contribution in [2.75, 3.05) is 0 Å². The Morgan fingerprint density at radius 2 is 1.69 bits per heavy atom. The molecule has 0 bridgehead atoms. The van der Waals surface area contributed by atoms with E-state index in [-0.39, 0.29) is 11.7 Å². The topological polar surface area (TPSA) is 37.3 Å². The number of aliphatic hydroxyl groups is 1. The average Bonchev–Trinajstić information content (AvgIpc) is 3.00. The lowest BCUT2D eigenvalue weighted by molar-refractivity contribution is -0.133. The van der Waals surface area contributed by atoms with Crippen LogP contribution in [0.1, 0.15) is 44.9 Å². The maximum atomic E-state index is 11.7. The minimum absolute atomic E-state index is 0.141. The summed E-state index contributed by atoms with van der Waals surface area (Å²) in [7, 11) is 0. The van der Waals surface area contributed by atoms with Gasteiger partial charge in [-0.3, -0.25) is 4.79 Å². The van der Waals surface area contributed by atoms with Crippen molar-refractivity contribution >= 4 is 5.78 Å². The van der Waals surface area contributed by atoms with Crippen LogP contribution in [0.4, 0.5) is 0 Å². The van der Waals surface area contributed by atoms with Crippen molar-refractivity contribution in [1.82, 2.24) is 0 Å². The zero-order chi connectivity index (χ0) is 9.26. The molecule has 2 aliphatic carbocycles. The molecule has 1 unspecified atom stereocenters. The van der Waals surface area contributed by atoms with E-state index in [9.17, 15) is 9.90 Å². The normalized spacial score (nSPS) is 27.2. The summed E-state index contributed by atoms with van der Waals surface area (Å²) < 4.78 is 0. The predicted octanol–water partition coefficient (Wildman–Crippen LogP) is 1.91. The summed E-state index contributed by atoms with van der Waals surface area (Å²) in [6, 6.07) is 0. The van der Waals surface area contributed by atoms with E-state index >= 15 is 0 Å². The van der Waals surface area contributed by atoms with Crippen LogP contribution in [0.3, 0.4) is 0 Å². The number of hydrogen-bond donors (Lipinski definition) is 1. The van der Waals surface area contributed by atoms with E-state index in [0.717, 1.165) is 25.7 Å².